The summed E-state index contributed by atoms with van der Waals surface area (Å²) in [4.78, 5) is 34.8. The molecular weight excluding hydrogens is 575 g/mol. The van der Waals surface area contributed by atoms with Crippen LogP contribution in [0.3, 0.4) is 0 Å². The molecule has 3 amide bonds. The fraction of sp³-hybridized carbons (Fsp3) is 0.444. The Morgan fingerprint density at radius 3 is 2.07 bits per heavy atom. The number of likely N-dealkylation sites (N-methyl/N-ethyl adjacent to an activating group) is 1. The van der Waals surface area contributed by atoms with Gasteiger partial charge >= 0.3 is 13.3 Å². The van der Waals surface area contributed by atoms with Crippen molar-refractivity contribution in [1.29, 1.82) is 0 Å². The van der Waals surface area contributed by atoms with Gasteiger partial charge in [0.25, 0.3) is 0 Å². The molecule has 0 saturated carbocycles. The van der Waals surface area contributed by atoms with Crippen molar-refractivity contribution in [1.82, 2.24) is 10.2 Å². The van der Waals surface area contributed by atoms with E-state index in [0.29, 0.717) is 45.6 Å². The van der Waals surface area contributed by atoms with Crippen LogP contribution in [-0.4, -0.2) is 79.1 Å². The van der Waals surface area contributed by atoms with Gasteiger partial charge in [0.05, 0.1) is 17.3 Å². The molecule has 0 aliphatic heterocycles. The van der Waals surface area contributed by atoms with Crippen molar-refractivity contribution in [2.24, 2.45) is 17.2 Å². The summed E-state index contributed by atoms with van der Waals surface area (Å²) in [6, 6.07) is 7.99. The topological polar surface area (TPSA) is 197 Å². The molecule has 0 fully saturated rings. The van der Waals surface area contributed by atoms with E-state index in [0.717, 1.165) is 36.2 Å². The van der Waals surface area contributed by atoms with E-state index in [1.807, 2.05) is 13.8 Å². The van der Waals surface area contributed by atoms with Gasteiger partial charge in [-0.25, -0.2) is 4.39 Å². The van der Waals surface area contributed by atoms with Crippen molar-refractivity contribution >= 4 is 36.5 Å². The standard InChI is InChI=1S/C11H25N5O2.C9H9F3.C7H7BFNO3/c1-2-15-11(18)9(14)3-4-10(17)16(7-5-12)8-6-13;1-2-7-3-5-8(6-4-7)9(10,11)12;9-6-2-1-5(8(12)13)3-7(6)10-4-11/h9H,2-8,12-14H2,1H3,(H,15,18);3-6H,2H2,1H3;1-4,12-13H,(H,10,11). The Hall–Kier alpha value is -3.57. The summed E-state index contributed by atoms with van der Waals surface area (Å²) in [5.41, 5.74) is 16.9. The molecule has 0 aromatic heterocycles. The molecule has 11 nitrogen and oxygen atoms in total. The first-order valence-electron chi connectivity index (χ1n) is 13.5. The van der Waals surface area contributed by atoms with Crippen LogP contribution >= 0.6 is 0 Å². The van der Waals surface area contributed by atoms with E-state index in [9.17, 15) is 31.9 Å². The molecular formula is C27H41BF4N6O5. The molecule has 10 N–H and O–H groups in total. The number of carbonyl (C=O) groups excluding carboxylic acids is 3. The number of nitrogens with two attached hydrogens (primary N) is 3. The van der Waals surface area contributed by atoms with Gasteiger partial charge in [0.15, 0.2) is 0 Å². The van der Waals surface area contributed by atoms with Crippen molar-refractivity contribution in [3.63, 3.8) is 0 Å². The Morgan fingerprint density at radius 1 is 1.05 bits per heavy atom. The summed E-state index contributed by atoms with van der Waals surface area (Å²) in [6.45, 7) is 6.01. The van der Waals surface area contributed by atoms with E-state index in [4.69, 9.17) is 27.2 Å². The molecule has 2 rings (SSSR count). The minimum atomic E-state index is -4.22. The molecule has 43 heavy (non-hydrogen) atoms. The highest BCUT2D eigenvalue weighted by molar-refractivity contribution is 6.58. The lowest BCUT2D eigenvalue weighted by molar-refractivity contribution is -0.137. The molecule has 16 heteroatoms. The normalized spacial score (nSPS) is 11.1. The van der Waals surface area contributed by atoms with E-state index in [-0.39, 0.29) is 29.4 Å². The van der Waals surface area contributed by atoms with Crippen LogP contribution in [0.5, 0.6) is 0 Å². The van der Waals surface area contributed by atoms with Crippen LogP contribution in [0, 0.1) is 5.82 Å². The molecule has 1 unspecified atom stereocenters. The van der Waals surface area contributed by atoms with Gasteiger partial charge in [0.2, 0.25) is 18.2 Å². The third-order valence-electron chi connectivity index (χ3n) is 5.70. The molecule has 0 heterocycles. The summed E-state index contributed by atoms with van der Waals surface area (Å²) < 4.78 is 48.9. The Labute approximate surface area is 248 Å². The number of rotatable bonds is 13. The molecule has 0 bridgehead atoms. The quantitative estimate of drug-likeness (QED) is 0.0949. The van der Waals surface area contributed by atoms with E-state index in [1.54, 1.807) is 4.90 Å². The Bertz CT molecular complexity index is 1100. The minimum Gasteiger partial charge on any atom is -0.423 e. The highest BCUT2D eigenvalue weighted by Gasteiger charge is 2.29. The van der Waals surface area contributed by atoms with Crippen LogP contribution in [0.1, 0.15) is 37.8 Å². The van der Waals surface area contributed by atoms with Crippen molar-refractivity contribution in [2.75, 3.05) is 38.0 Å². The van der Waals surface area contributed by atoms with Gasteiger partial charge in [-0.15, -0.1) is 0 Å². The first kappa shape index (κ1) is 39.4. The number of anilines is 1. The second-order valence-electron chi connectivity index (χ2n) is 8.92. The predicted molar refractivity (Wildman–Crippen MR) is 157 cm³/mol. The molecule has 0 saturated heterocycles. The summed E-state index contributed by atoms with van der Waals surface area (Å²) in [5, 5.41) is 22.2. The molecule has 1 atom stereocenters. The monoisotopic (exact) mass is 616 g/mol. The van der Waals surface area contributed by atoms with Crippen molar-refractivity contribution < 1.29 is 42.0 Å². The highest BCUT2D eigenvalue weighted by atomic mass is 19.4. The van der Waals surface area contributed by atoms with Crippen LogP contribution < -0.4 is 33.3 Å². The smallest absolute Gasteiger partial charge is 0.423 e. The fourth-order valence-electron chi connectivity index (χ4n) is 3.35. The number of amides is 3. The highest BCUT2D eigenvalue weighted by Crippen LogP contribution is 2.29. The fourth-order valence-corrected chi connectivity index (χ4v) is 3.35. The second kappa shape index (κ2) is 21.2. The van der Waals surface area contributed by atoms with Crippen LogP contribution in [0.4, 0.5) is 23.2 Å². The first-order chi connectivity index (χ1) is 20.2. The van der Waals surface area contributed by atoms with Gasteiger partial charge in [-0.1, -0.05) is 25.1 Å². The minimum absolute atomic E-state index is 0.0642. The lowest BCUT2D eigenvalue weighted by Gasteiger charge is -2.21. The number of nitrogens with zero attached hydrogens (tertiary/aromatic N) is 1. The molecule has 0 spiro atoms. The molecule has 0 radical (unpaired) electrons. The lowest BCUT2D eigenvalue weighted by Crippen LogP contribution is -2.43. The third-order valence-corrected chi connectivity index (χ3v) is 5.70. The van der Waals surface area contributed by atoms with Gasteiger partial charge in [-0.05, 0) is 55.1 Å². The first-order valence-corrected chi connectivity index (χ1v) is 13.5. The van der Waals surface area contributed by atoms with Crippen LogP contribution in [0.25, 0.3) is 0 Å². The van der Waals surface area contributed by atoms with Gasteiger partial charge in [-0.2, -0.15) is 13.2 Å². The molecule has 0 aliphatic carbocycles. The zero-order valence-corrected chi connectivity index (χ0v) is 24.2. The molecule has 2 aromatic rings. The number of nitrogens with one attached hydrogen (secondary N) is 2. The Morgan fingerprint density at radius 2 is 1.63 bits per heavy atom. The van der Waals surface area contributed by atoms with Gasteiger partial charge in [-0.3, -0.25) is 14.4 Å². The average Bonchev–Trinajstić information content (AvgIpc) is 2.97. The maximum absolute atomic E-state index is 12.8. The van der Waals surface area contributed by atoms with Gasteiger partial charge in [0, 0.05) is 39.1 Å². The lowest BCUT2D eigenvalue weighted by atomic mass is 9.80. The van der Waals surface area contributed by atoms with Gasteiger partial charge < -0.3 is 42.8 Å². The number of alkyl halides is 3. The number of hydrogen-bond donors (Lipinski definition) is 7. The van der Waals surface area contributed by atoms with Gasteiger partial charge in [0.1, 0.15) is 5.82 Å². The number of carbonyl (C=O) groups is 3. The van der Waals surface area contributed by atoms with Crippen molar-refractivity contribution in [3.05, 3.63) is 59.4 Å². The van der Waals surface area contributed by atoms with Crippen LogP contribution in [0.2, 0.25) is 0 Å². The number of hydrogen-bond acceptors (Lipinski definition) is 8. The Kier molecular flexibility index (Phi) is 19.4. The SMILES string of the molecule is CCNC(=O)C(N)CCC(=O)N(CCN)CCN.CCc1ccc(C(F)(F)F)cc1.O=CNc1cc(B(O)O)ccc1F. The summed E-state index contributed by atoms with van der Waals surface area (Å²) in [5.74, 6) is -0.920. The number of aryl methyl sites for hydroxylation is 1. The largest absolute Gasteiger partial charge is 0.488 e. The summed E-state index contributed by atoms with van der Waals surface area (Å²) in [6.07, 6.45) is -2.58. The predicted octanol–water partition coefficient (Wildman–Crippen LogP) is 0.318. The van der Waals surface area contributed by atoms with Crippen LogP contribution in [0.15, 0.2) is 42.5 Å². The molecule has 0 aliphatic rings. The maximum atomic E-state index is 12.8. The Balaban J connectivity index is 0.000000630. The summed E-state index contributed by atoms with van der Waals surface area (Å²) in [7, 11) is -1.67. The molecule has 2 aromatic carbocycles. The maximum Gasteiger partial charge on any atom is 0.488 e. The number of halogens is 4. The van der Waals surface area contributed by atoms with Crippen LogP contribution in [-0.2, 0) is 27.0 Å². The summed E-state index contributed by atoms with van der Waals surface area (Å²) >= 11 is 0. The number of benzene rings is 2. The third kappa shape index (κ3) is 16.0. The second-order valence-corrected chi connectivity index (χ2v) is 8.92. The average molecular weight is 616 g/mol. The van der Waals surface area contributed by atoms with E-state index < -0.39 is 30.7 Å². The van der Waals surface area contributed by atoms with E-state index in [1.165, 1.54) is 18.2 Å². The van der Waals surface area contributed by atoms with Crippen molar-refractivity contribution in [3.8, 4) is 0 Å². The van der Waals surface area contributed by atoms with Crippen molar-refractivity contribution in [2.45, 2.75) is 45.3 Å². The van der Waals surface area contributed by atoms with E-state index in [2.05, 4.69) is 10.6 Å². The zero-order valence-electron chi connectivity index (χ0n) is 24.2. The zero-order chi connectivity index (χ0) is 33.0. The van der Waals surface area contributed by atoms with E-state index >= 15 is 0 Å². The molecule has 240 valence electrons.